The molecule has 0 radical (unpaired) electrons. The van der Waals surface area contributed by atoms with Gasteiger partial charge in [0, 0.05) is 29.9 Å². The second-order valence-electron chi connectivity index (χ2n) is 7.30. The average molecular weight is 359 g/mol. The summed E-state index contributed by atoms with van der Waals surface area (Å²) in [5.74, 6) is 0. The third-order valence-corrected chi connectivity index (χ3v) is 5.46. The van der Waals surface area contributed by atoms with Crippen molar-refractivity contribution < 1.29 is 0 Å². The van der Waals surface area contributed by atoms with Crippen LogP contribution in [0.4, 0.5) is 0 Å². The van der Waals surface area contributed by atoms with E-state index in [-0.39, 0.29) is 11.6 Å². The number of nitrogens with zero attached hydrogens (tertiary/aromatic N) is 4. The molecule has 1 unspecified atom stereocenters. The van der Waals surface area contributed by atoms with Crippen molar-refractivity contribution in [3.05, 3.63) is 69.8 Å². The summed E-state index contributed by atoms with van der Waals surface area (Å²) in [5.41, 5.74) is 7.62. The maximum atomic E-state index is 11.5. The fourth-order valence-electron chi connectivity index (χ4n) is 4.13. The van der Waals surface area contributed by atoms with E-state index in [0.29, 0.717) is 0 Å². The first-order chi connectivity index (χ1) is 13.1. The number of fused-ring (bicyclic) bond motifs is 3. The van der Waals surface area contributed by atoms with E-state index in [2.05, 4.69) is 50.7 Å². The summed E-state index contributed by atoms with van der Waals surface area (Å²) in [6, 6.07) is 5.76. The Balaban J connectivity index is 1.76. The lowest BCUT2D eigenvalue weighted by atomic mass is 9.97. The van der Waals surface area contributed by atoms with Crippen LogP contribution in [-0.4, -0.2) is 24.5 Å². The van der Waals surface area contributed by atoms with Crippen LogP contribution in [-0.2, 0) is 13.0 Å². The maximum absolute atomic E-state index is 11.5. The van der Waals surface area contributed by atoms with Crippen molar-refractivity contribution in [3.8, 4) is 22.6 Å². The first-order valence-corrected chi connectivity index (χ1v) is 9.30. The molecule has 1 aliphatic carbocycles. The Morgan fingerprint density at radius 2 is 2.11 bits per heavy atom. The first kappa shape index (κ1) is 16.1. The highest BCUT2D eigenvalue weighted by Crippen LogP contribution is 2.40. The Bertz CT molecular complexity index is 1140. The number of hydrogen-bond donors (Lipinski definition) is 1. The van der Waals surface area contributed by atoms with Crippen LogP contribution in [0.25, 0.3) is 22.6 Å². The normalized spacial score (nSPS) is 18.1. The fraction of sp³-hybridized carbons (Fsp3) is 0.286. The van der Waals surface area contributed by atoms with Gasteiger partial charge in [0.15, 0.2) is 0 Å². The van der Waals surface area contributed by atoms with Gasteiger partial charge in [0.1, 0.15) is 0 Å². The lowest BCUT2D eigenvalue weighted by Gasteiger charge is -2.24. The molecule has 0 fully saturated rings. The van der Waals surface area contributed by atoms with Crippen LogP contribution < -0.4 is 5.56 Å². The minimum Gasteiger partial charge on any atom is -0.328 e. The molecule has 3 aromatic heterocycles. The highest BCUT2D eigenvalue weighted by Gasteiger charge is 2.30. The van der Waals surface area contributed by atoms with Crippen molar-refractivity contribution in [2.75, 3.05) is 0 Å². The van der Waals surface area contributed by atoms with Gasteiger partial charge < -0.3 is 4.98 Å². The summed E-state index contributed by atoms with van der Waals surface area (Å²) >= 11 is 0. The average Bonchev–Trinajstić information content (AvgIpc) is 3.22. The summed E-state index contributed by atoms with van der Waals surface area (Å²) in [5, 5.41) is 9.70. The molecule has 0 aromatic carbocycles. The number of aryl methyl sites for hydroxylation is 2. The number of rotatable bonds is 2. The lowest BCUT2D eigenvalue weighted by molar-refractivity contribution is 0.512. The summed E-state index contributed by atoms with van der Waals surface area (Å²) in [7, 11) is 0. The monoisotopic (exact) mass is 359 g/mol. The summed E-state index contributed by atoms with van der Waals surface area (Å²) in [6.45, 7) is 5.04. The van der Waals surface area contributed by atoms with E-state index >= 15 is 0 Å². The molecule has 0 spiro atoms. The molecular formula is C21H21N5O. The summed E-state index contributed by atoms with van der Waals surface area (Å²) in [4.78, 5) is 14.3. The molecule has 27 heavy (non-hydrogen) atoms. The van der Waals surface area contributed by atoms with Crippen molar-refractivity contribution in [1.82, 2.24) is 24.5 Å². The molecule has 1 atom stereocenters. The third kappa shape index (κ3) is 2.51. The van der Waals surface area contributed by atoms with Gasteiger partial charge in [0.2, 0.25) is 5.56 Å². The van der Waals surface area contributed by atoms with E-state index in [4.69, 9.17) is 5.10 Å². The smallest absolute Gasteiger partial charge is 0.247 e. The highest BCUT2D eigenvalue weighted by molar-refractivity contribution is 5.74. The maximum Gasteiger partial charge on any atom is 0.247 e. The van der Waals surface area contributed by atoms with Crippen LogP contribution in [0.3, 0.4) is 0 Å². The van der Waals surface area contributed by atoms with E-state index in [1.807, 2.05) is 13.0 Å². The molecule has 4 heterocycles. The van der Waals surface area contributed by atoms with Gasteiger partial charge >= 0.3 is 0 Å². The zero-order valence-corrected chi connectivity index (χ0v) is 15.4. The fourth-order valence-corrected chi connectivity index (χ4v) is 4.13. The van der Waals surface area contributed by atoms with Gasteiger partial charge in [-0.25, -0.2) is 0 Å². The number of H-pyrrole nitrogens is 1. The van der Waals surface area contributed by atoms with Crippen LogP contribution in [0.1, 0.15) is 30.6 Å². The Hall–Kier alpha value is -3.15. The predicted octanol–water partition coefficient (Wildman–Crippen LogP) is 3.41. The van der Waals surface area contributed by atoms with Gasteiger partial charge in [-0.05, 0) is 44.4 Å². The van der Waals surface area contributed by atoms with Crippen LogP contribution in [0.15, 0.2) is 53.0 Å². The van der Waals surface area contributed by atoms with Gasteiger partial charge in [-0.3, -0.25) is 14.2 Å². The molecule has 3 aromatic rings. The number of aromatic nitrogens is 5. The third-order valence-electron chi connectivity index (χ3n) is 5.46. The minimum absolute atomic E-state index is 0.100. The predicted molar refractivity (Wildman–Crippen MR) is 104 cm³/mol. The standard InChI is InChI=1S/C21H21N5O/c1-13-5-3-4-6-17(13)26-21-16(9-10-25-18(21)11-14(2)23-25)20(24-26)15-7-8-19(27)22-12-15/h3-5,7-8,11-12,17H,6,9-10H2,1-2H3,(H,22,27). The number of hydrogen-bond acceptors (Lipinski definition) is 3. The largest absolute Gasteiger partial charge is 0.328 e. The molecule has 136 valence electrons. The van der Waals surface area contributed by atoms with Gasteiger partial charge in [-0.15, -0.1) is 0 Å². The summed E-state index contributed by atoms with van der Waals surface area (Å²) in [6.07, 6.45) is 10.0. The van der Waals surface area contributed by atoms with Crippen LogP contribution >= 0.6 is 0 Å². The molecule has 0 bridgehead atoms. The van der Waals surface area contributed by atoms with Gasteiger partial charge in [-0.1, -0.05) is 18.2 Å². The van der Waals surface area contributed by atoms with Crippen molar-refractivity contribution in [3.63, 3.8) is 0 Å². The Labute approximate surface area is 156 Å². The highest BCUT2D eigenvalue weighted by atomic mass is 16.1. The number of pyridine rings is 1. The molecular weight excluding hydrogens is 338 g/mol. The number of nitrogens with one attached hydrogen (secondary N) is 1. The molecule has 6 nitrogen and oxygen atoms in total. The molecule has 1 aliphatic heterocycles. The summed E-state index contributed by atoms with van der Waals surface area (Å²) < 4.78 is 4.25. The van der Waals surface area contributed by atoms with Crippen molar-refractivity contribution in [1.29, 1.82) is 0 Å². The van der Waals surface area contributed by atoms with Crippen molar-refractivity contribution in [2.45, 2.75) is 39.3 Å². The quantitative estimate of drug-likeness (QED) is 0.762. The zero-order valence-electron chi connectivity index (χ0n) is 15.4. The van der Waals surface area contributed by atoms with Crippen LogP contribution in [0.5, 0.6) is 0 Å². The molecule has 1 N–H and O–H groups in total. The molecule has 2 aliphatic rings. The number of aromatic amines is 1. The first-order valence-electron chi connectivity index (χ1n) is 9.30. The Morgan fingerprint density at radius 3 is 2.89 bits per heavy atom. The SMILES string of the molecule is CC1=CC=CCC1n1nc(-c2ccc(=O)[nH]c2)c2c1-c1cc(C)nn1CC2. The minimum atomic E-state index is -0.100. The van der Waals surface area contributed by atoms with E-state index in [1.165, 1.54) is 11.1 Å². The van der Waals surface area contributed by atoms with Gasteiger partial charge in [-0.2, -0.15) is 10.2 Å². The second kappa shape index (κ2) is 5.94. The van der Waals surface area contributed by atoms with Gasteiger partial charge in [0.05, 0.1) is 28.8 Å². The second-order valence-corrected chi connectivity index (χ2v) is 7.30. The van der Waals surface area contributed by atoms with E-state index < -0.39 is 0 Å². The topological polar surface area (TPSA) is 68.5 Å². The molecule has 5 rings (SSSR count). The van der Waals surface area contributed by atoms with Gasteiger partial charge in [0.25, 0.3) is 0 Å². The van der Waals surface area contributed by atoms with Crippen LogP contribution in [0.2, 0.25) is 0 Å². The lowest BCUT2D eigenvalue weighted by Crippen LogP contribution is -2.18. The van der Waals surface area contributed by atoms with E-state index in [1.54, 1.807) is 12.3 Å². The molecule has 0 saturated heterocycles. The molecule has 0 saturated carbocycles. The van der Waals surface area contributed by atoms with E-state index in [9.17, 15) is 4.79 Å². The zero-order chi connectivity index (χ0) is 18.5. The van der Waals surface area contributed by atoms with Crippen molar-refractivity contribution in [2.24, 2.45) is 0 Å². The Kier molecular flexibility index (Phi) is 3.53. The number of allylic oxidation sites excluding steroid dienone is 4. The molecule has 6 heteroatoms. The van der Waals surface area contributed by atoms with Crippen molar-refractivity contribution >= 4 is 0 Å². The molecule has 0 amide bonds. The Morgan fingerprint density at radius 1 is 1.22 bits per heavy atom. The van der Waals surface area contributed by atoms with Crippen LogP contribution in [0, 0.1) is 6.92 Å². The van der Waals surface area contributed by atoms with E-state index in [0.717, 1.165) is 47.7 Å².